The van der Waals surface area contributed by atoms with Gasteiger partial charge in [-0.25, -0.2) is 12.7 Å². The monoisotopic (exact) mass is 424 g/mol. The third kappa shape index (κ3) is 5.09. The number of sulfonamides is 1. The molecule has 0 aliphatic rings. The molecule has 0 saturated heterocycles. The van der Waals surface area contributed by atoms with Gasteiger partial charge in [0.05, 0.1) is 24.0 Å². The topological polar surface area (TPSA) is 104 Å². The highest BCUT2D eigenvalue weighted by molar-refractivity contribution is 7.89. The molecule has 0 aliphatic heterocycles. The van der Waals surface area contributed by atoms with Crippen molar-refractivity contribution >= 4 is 39.1 Å². The maximum Gasteiger partial charge on any atom is 0.266 e. The van der Waals surface area contributed by atoms with E-state index < -0.39 is 28.5 Å². The molecule has 2 aromatic carbocycles. The van der Waals surface area contributed by atoms with Crippen LogP contribution in [0.3, 0.4) is 0 Å². The zero-order valence-electron chi connectivity index (χ0n) is 15.4. The van der Waals surface area contributed by atoms with Crippen molar-refractivity contribution in [3.05, 3.63) is 59.1 Å². The molecule has 28 heavy (non-hydrogen) atoms. The summed E-state index contributed by atoms with van der Waals surface area (Å²) < 4.78 is 26.6. The number of halogens is 1. The van der Waals surface area contributed by atoms with Gasteiger partial charge in [-0.05, 0) is 48.9 Å². The van der Waals surface area contributed by atoms with Gasteiger partial charge in [-0.1, -0.05) is 23.7 Å². The molecule has 0 aromatic heterocycles. The van der Waals surface area contributed by atoms with Gasteiger partial charge < -0.3 is 10.4 Å². The van der Waals surface area contributed by atoms with Crippen molar-refractivity contribution in [2.24, 2.45) is 0 Å². The standard InChI is InChI=1S/C19H21ClN2O5S/c1-13(15-3-5-16(20)6-4-15)19(25)22(11-12-23)28(26,27)18-9-7-17(8-10-18)21-14(2)24/h3-10,13,23H,11-12H2,1-2H3,(H,21,24). The Kier molecular flexibility index (Phi) is 7.17. The normalized spacial score (nSPS) is 12.3. The number of carbonyl (C=O) groups is 2. The van der Waals surface area contributed by atoms with Crippen molar-refractivity contribution in [3.63, 3.8) is 0 Å². The molecule has 0 heterocycles. The Morgan fingerprint density at radius 2 is 1.68 bits per heavy atom. The summed E-state index contributed by atoms with van der Waals surface area (Å²) in [6, 6.07) is 12.0. The number of anilines is 1. The third-order valence-electron chi connectivity index (χ3n) is 4.05. The zero-order chi connectivity index (χ0) is 20.9. The number of hydrogen-bond donors (Lipinski definition) is 2. The van der Waals surface area contributed by atoms with Crippen LogP contribution < -0.4 is 5.32 Å². The van der Waals surface area contributed by atoms with E-state index in [1.165, 1.54) is 31.2 Å². The molecule has 9 heteroatoms. The van der Waals surface area contributed by atoms with Gasteiger partial charge in [0.1, 0.15) is 0 Å². The highest BCUT2D eigenvalue weighted by Gasteiger charge is 2.32. The van der Waals surface area contributed by atoms with E-state index in [2.05, 4.69) is 5.32 Å². The maximum absolute atomic E-state index is 13.0. The number of nitrogens with zero attached hydrogens (tertiary/aromatic N) is 1. The average molecular weight is 425 g/mol. The number of carbonyl (C=O) groups excluding carboxylic acids is 2. The summed E-state index contributed by atoms with van der Waals surface area (Å²) >= 11 is 5.85. The number of aliphatic hydroxyl groups is 1. The number of nitrogens with one attached hydrogen (secondary N) is 1. The second-order valence-electron chi connectivity index (χ2n) is 6.12. The van der Waals surface area contributed by atoms with Crippen LogP contribution in [0, 0.1) is 0 Å². The van der Waals surface area contributed by atoms with Crippen molar-refractivity contribution in [2.45, 2.75) is 24.7 Å². The molecule has 2 N–H and O–H groups in total. The molecular weight excluding hydrogens is 404 g/mol. The minimum atomic E-state index is -4.18. The van der Waals surface area contributed by atoms with Gasteiger partial charge in [-0.2, -0.15) is 0 Å². The van der Waals surface area contributed by atoms with Gasteiger partial charge in [0, 0.05) is 17.6 Å². The fourth-order valence-corrected chi connectivity index (χ4v) is 4.17. The summed E-state index contributed by atoms with van der Waals surface area (Å²) in [7, 11) is -4.18. The fourth-order valence-electron chi connectivity index (χ4n) is 2.59. The molecule has 0 spiro atoms. The van der Waals surface area contributed by atoms with Crippen LogP contribution in [0.4, 0.5) is 5.69 Å². The Balaban J connectivity index is 2.33. The van der Waals surface area contributed by atoms with E-state index in [9.17, 15) is 23.1 Å². The predicted molar refractivity (Wildman–Crippen MR) is 107 cm³/mol. The van der Waals surface area contributed by atoms with E-state index in [4.69, 9.17) is 11.6 Å². The molecule has 0 fully saturated rings. The van der Waals surface area contributed by atoms with E-state index >= 15 is 0 Å². The molecule has 2 amide bonds. The van der Waals surface area contributed by atoms with Crippen LogP contribution >= 0.6 is 11.6 Å². The first-order valence-corrected chi connectivity index (χ1v) is 10.3. The quantitative estimate of drug-likeness (QED) is 0.711. The fraction of sp³-hybridized carbons (Fsp3) is 0.263. The first-order valence-electron chi connectivity index (χ1n) is 8.47. The molecule has 0 aliphatic carbocycles. The highest BCUT2D eigenvalue weighted by atomic mass is 35.5. The highest BCUT2D eigenvalue weighted by Crippen LogP contribution is 2.25. The summed E-state index contributed by atoms with van der Waals surface area (Å²) in [6.45, 7) is 2.05. The summed E-state index contributed by atoms with van der Waals surface area (Å²) in [5.41, 5.74) is 1.04. The van der Waals surface area contributed by atoms with E-state index in [1.54, 1.807) is 31.2 Å². The van der Waals surface area contributed by atoms with Gasteiger partial charge in [0.15, 0.2) is 0 Å². The first kappa shape index (κ1) is 21.9. The van der Waals surface area contributed by atoms with Gasteiger partial charge in [-0.3, -0.25) is 9.59 Å². The van der Waals surface area contributed by atoms with Gasteiger partial charge in [0.2, 0.25) is 11.8 Å². The molecular formula is C19H21ClN2O5S. The molecule has 0 radical (unpaired) electrons. The van der Waals surface area contributed by atoms with E-state index in [-0.39, 0.29) is 17.3 Å². The Hall–Kier alpha value is -2.42. The minimum Gasteiger partial charge on any atom is -0.394 e. The van der Waals surface area contributed by atoms with Gasteiger partial charge >= 0.3 is 0 Å². The Labute approximate surface area is 169 Å². The smallest absolute Gasteiger partial charge is 0.266 e. The lowest BCUT2D eigenvalue weighted by Gasteiger charge is -2.25. The molecule has 0 saturated carbocycles. The Bertz CT molecular complexity index is 943. The second-order valence-corrected chi connectivity index (χ2v) is 8.42. The van der Waals surface area contributed by atoms with Crippen molar-refractivity contribution in [1.82, 2.24) is 4.31 Å². The van der Waals surface area contributed by atoms with Crippen LogP contribution in [-0.2, 0) is 19.6 Å². The third-order valence-corrected chi connectivity index (χ3v) is 6.11. The van der Waals surface area contributed by atoms with Crippen molar-refractivity contribution in [3.8, 4) is 0 Å². The van der Waals surface area contributed by atoms with Crippen molar-refractivity contribution < 1.29 is 23.1 Å². The first-order chi connectivity index (χ1) is 13.2. The molecule has 0 bridgehead atoms. The molecule has 1 atom stereocenters. The van der Waals surface area contributed by atoms with Crippen LogP contribution in [0.15, 0.2) is 53.4 Å². The van der Waals surface area contributed by atoms with E-state index in [0.29, 0.717) is 20.6 Å². The number of benzene rings is 2. The largest absolute Gasteiger partial charge is 0.394 e. The maximum atomic E-state index is 13.0. The summed E-state index contributed by atoms with van der Waals surface area (Å²) in [4.78, 5) is 23.9. The van der Waals surface area contributed by atoms with Crippen LogP contribution in [0.2, 0.25) is 5.02 Å². The number of amides is 2. The average Bonchev–Trinajstić information content (AvgIpc) is 2.65. The second kappa shape index (κ2) is 9.18. The summed E-state index contributed by atoms with van der Waals surface area (Å²) in [5.74, 6) is -1.70. The van der Waals surface area contributed by atoms with Gasteiger partial charge in [-0.15, -0.1) is 0 Å². The number of aliphatic hydroxyl groups excluding tert-OH is 1. The lowest BCUT2D eigenvalue weighted by molar-refractivity contribution is -0.128. The number of rotatable bonds is 7. The van der Waals surface area contributed by atoms with E-state index in [0.717, 1.165) is 0 Å². The summed E-state index contributed by atoms with van der Waals surface area (Å²) in [5, 5.41) is 12.3. The number of hydrogen-bond acceptors (Lipinski definition) is 5. The molecule has 1 unspecified atom stereocenters. The SMILES string of the molecule is CC(=O)Nc1ccc(S(=O)(=O)N(CCO)C(=O)C(C)c2ccc(Cl)cc2)cc1. The van der Waals surface area contributed by atoms with E-state index in [1.807, 2.05) is 0 Å². The minimum absolute atomic E-state index is 0.119. The van der Waals surface area contributed by atoms with Crippen LogP contribution in [-0.4, -0.2) is 42.8 Å². The molecule has 2 rings (SSSR count). The zero-order valence-corrected chi connectivity index (χ0v) is 17.0. The van der Waals surface area contributed by atoms with Crippen molar-refractivity contribution in [2.75, 3.05) is 18.5 Å². The lowest BCUT2D eigenvalue weighted by Crippen LogP contribution is -2.41. The summed E-state index contributed by atoms with van der Waals surface area (Å²) in [6.07, 6.45) is 0. The predicted octanol–water partition coefficient (Wildman–Crippen LogP) is 2.61. The van der Waals surface area contributed by atoms with Gasteiger partial charge in [0.25, 0.3) is 10.0 Å². The lowest BCUT2D eigenvalue weighted by atomic mass is 10.0. The van der Waals surface area contributed by atoms with Crippen molar-refractivity contribution in [1.29, 1.82) is 0 Å². The molecule has 150 valence electrons. The molecule has 7 nitrogen and oxygen atoms in total. The molecule has 2 aromatic rings. The Morgan fingerprint density at radius 3 is 2.18 bits per heavy atom. The van der Waals surface area contributed by atoms with Crippen LogP contribution in [0.5, 0.6) is 0 Å². The Morgan fingerprint density at radius 1 is 1.11 bits per heavy atom. The van der Waals surface area contributed by atoms with Crippen LogP contribution in [0.25, 0.3) is 0 Å². The van der Waals surface area contributed by atoms with Crippen LogP contribution in [0.1, 0.15) is 25.3 Å².